The number of para-hydroxylation sites is 1. The van der Waals surface area contributed by atoms with E-state index in [0.29, 0.717) is 21.6 Å². The van der Waals surface area contributed by atoms with Crippen molar-refractivity contribution in [3.8, 4) is 5.75 Å². The Labute approximate surface area is 147 Å². The first-order valence-corrected chi connectivity index (χ1v) is 7.67. The lowest BCUT2D eigenvalue weighted by Crippen LogP contribution is -2.34. The highest BCUT2D eigenvalue weighted by atomic mass is 35.5. The zero-order valence-corrected chi connectivity index (χ0v) is 14.1. The smallest absolute Gasteiger partial charge is 0.305 e. The summed E-state index contributed by atoms with van der Waals surface area (Å²) in [6.45, 7) is 1.56. The van der Waals surface area contributed by atoms with Crippen LogP contribution in [0.15, 0.2) is 28.8 Å². The number of amides is 1. The van der Waals surface area contributed by atoms with Crippen molar-refractivity contribution < 1.29 is 24.0 Å². The van der Waals surface area contributed by atoms with E-state index in [0.717, 1.165) is 0 Å². The monoisotopic (exact) mass is 372 g/mol. The van der Waals surface area contributed by atoms with Crippen molar-refractivity contribution in [2.24, 2.45) is 0 Å². The summed E-state index contributed by atoms with van der Waals surface area (Å²) in [5.74, 6) is -0.941. The van der Waals surface area contributed by atoms with E-state index in [-0.39, 0.29) is 18.7 Å². The molecule has 0 saturated carbocycles. The molecule has 1 atom stereocenters. The Kier molecular flexibility index (Phi) is 6.05. The number of aromatic nitrogens is 1. The van der Waals surface area contributed by atoms with E-state index in [1.165, 1.54) is 6.07 Å². The average molecular weight is 373 g/mol. The number of hydrogen-bond acceptors (Lipinski definition) is 5. The molecule has 1 aromatic carbocycles. The van der Waals surface area contributed by atoms with Crippen LogP contribution in [0, 0.1) is 0 Å². The summed E-state index contributed by atoms with van der Waals surface area (Å²) in [6, 6.07) is 5.81. The van der Waals surface area contributed by atoms with Gasteiger partial charge in [-0.2, -0.15) is 0 Å². The van der Waals surface area contributed by atoms with Gasteiger partial charge in [0, 0.05) is 12.1 Å². The molecule has 0 aliphatic carbocycles. The van der Waals surface area contributed by atoms with Gasteiger partial charge in [-0.1, -0.05) is 34.4 Å². The molecule has 24 heavy (non-hydrogen) atoms. The molecule has 1 aromatic heterocycles. The van der Waals surface area contributed by atoms with Crippen LogP contribution in [0.4, 0.5) is 0 Å². The van der Waals surface area contributed by atoms with Crippen LogP contribution in [0.25, 0.3) is 0 Å². The van der Waals surface area contributed by atoms with Crippen LogP contribution < -0.4 is 10.1 Å². The number of ether oxygens (including phenoxy) is 1. The number of carbonyl (C=O) groups is 2. The molecular weight excluding hydrogens is 359 g/mol. The van der Waals surface area contributed by atoms with Gasteiger partial charge in [-0.05, 0) is 19.1 Å². The molecule has 0 fully saturated rings. The second kappa shape index (κ2) is 8.03. The molecule has 1 heterocycles. The number of benzene rings is 1. The Morgan fingerprint density at radius 1 is 1.38 bits per heavy atom. The molecule has 9 heteroatoms. The highest BCUT2D eigenvalue weighted by Crippen LogP contribution is 2.32. The molecule has 0 aliphatic rings. The van der Waals surface area contributed by atoms with E-state index in [2.05, 4.69) is 10.5 Å². The molecule has 1 amide bonds. The minimum atomic E-state index is -1.01. The first-order valence-electron chi connectivity index (χ1n) is 6.92. The van der Waals surface area contributed by atoms with E-state index in [4.69, 9.17) is 37.6 Å². The van der Waals surface area contributed by atoms with Crippen molar-refractivity contribution in [2.45, 2.75) is 26.0 Å². The van der Waals surface area contributed by atoms with Crippen molar-refractivity contribution in [1.82, 2.24) is 10.5 Å². The van der Waals surface area contributed by atoms with Gasteiger partial charge in [-0.15, -0.1) is 0 Å². The molecule has 0 spiro atoms. The molecule has 2 N–H and O–H groups in total. The van der Waals surface area contributed by atoms with Crippen LogP contribution in [0.2, 0.25) is 10.0 Å². The Balaban J connectivity index is 1.95. The third-order valence-corrected chi connectivity index (χ3v) is 3.52. The maximum atomic E-state index is 11.9. The van der Waals surface area contributed by atoms with Crippen LogP contribution in [0.3, 0.4) is 0 Å². The maximum Gasteiger partial charge on any atom is 0.305 e. The summed E-state index contributed by atoms with van der Waals surface area (Å²) >= 11 is 12.0. The maximum absolute atomic E-state index is 11.9. The minimum absolute atomic E-state index is 0.0194. The van der Waals surface area contributed by atoms with Crippen LogP contribution >= 0.6 is 23.2 Å². The van der Waals surface area contributed by atoms with Gasteiger partial charge in [0.05, 0.1) is 16.5 Å². The number of carboxylic acid groups (broad SMARTS) is 1. The van der Waals surface area contributed by atoms with Crippen LogP contribution in [-0.2, 0) is 11.4 Å². The molecule has 2 aromatic rings. The van der Waals surface area contributed by atoms with Crippen LogP contribution in [-0.4, -0.2) is 28.2 Å². The minimum Gasteiger partial charge on any atom is -0.482 e. The van der Waals surface area contributed by atoms with E-state index in [1.807, 2.05) is 0 Å². The zero-order valence-electron chi connectivity index (χ0n) is 12.6. The van der Waals surface area contributed by atoms with Gasteiger partial charge < -0.3 is 19.7 Å². The fourth-order valence-corrected chi connectivity index (χ4v) is 2.37. The largest absolute Gasteiger partial charge is 0.482 e. The van der Waals surface area contributed by atoms with Crippen molar-refractivity contribution in [2.75, 3.05) is 0 Å². The van der Waals surface area contributed by atoms with Gasteiger partial charge in [-0.25, -0.2) is 0 Å². The number of aliphatic carboxylic acids is 1. The number of nitrogens with one attached hydrogen (secondary N) is 1. The predicted molar refractivity (Wildman–Crippen MR) is 86.5 cm³/mol. The molecule has 128 valence electrons. The molecule has 0 radical (unpaired) electrons. The first-order chi connectivity index (χ1) is 11.4. The number of carboxylic acids is 1. The zero-order chi connectivity index (χ0) is 17.7. The summed E-state index contributed by atoms with van der Waals surface area (Å²) in [6.07, 6.45) is -0.190. The summed E-state index contributed by atoms with van der Waals surface area (Å²) in [5.41, 5.74) is 0.0242. The van der Waals surface area contributed by atoms with Gasteiger partial charge in [0.25, 0.3) is 5.91 Å². The molecule has 0 aliphatic heterocycles. The van der Waals surface area contributed by atoms with Gasteiger partial charge in [-0.3, -0.25) is 9.59 Å². The predicted octanol–water partition coefficient (Wildman–Crippen LogP) is 3.15. The van der Waals surface area contributed by atoms with Gasteiger partial charge in [0.2, 0.25) is 0 Å². The van der Waals surface area contributed by atoms with Crippen molar-refractivity contribution >= 4 is 35.1 Å². The summed E-state index contributed by atoms with van der Waals surface area (Å²) in [7, 11) is 0. The molecular formula is C15H14Cl2N2O5. The Morgan fingerprint density at radius 3 is 2.67 bits per heavy atom. The molecule has 7 nitrogen and oxygen atoms in total. The highest BCUT2D eigenvalue weighted by molar-refractivity contribution is 6.37. The third-order valence-electron chi connectivity index (χ3n) is 2.93. The Morgan fingerprint density at radius 2 is 2.04 bits per heavy atom. The fourth-order valence-electron chi connectivity index (χ4n) is 1.86. The Hall–Kier alpha value is -2.25. The van der Waals surface area contributed by atoms with Gasteiger partial charge in [0.1, 0.15) is 6.61 Å². The summed E-state index contributed by atoms with van der Waals surface area (Å²) in [5, 5.41) is 15.5. The SMILES string of the molecule is CC(CC(=O)O)NC(=O)c1cc(COc2c(Cl)cccc2Cl)on1. The van der Waals surface area contributed by atoms with Gasteiger partial charge in [0.15, 0.2) is 17.2 Å². The van der Waals surface area contributed by atoms with Gasteiger partial charge >= 0.3 is 5.97 Å². The number of halogens is 2. The number of carbonyl (C=O) groups excluding carboxylic acids is 1. The lowest BCUT2D eigenvalue weighted by molar-refractivity contribution is -0.137. The molecule has 0 saturated heterocycles. The lowest BCUT2D eigenvalue weighted by Gasteiger charge is -2.09. The quantitative estimate of drug-likeness (QED) is 0.773. The first kappa shape index (κ1) is 18.1. The standard InChI is InChI=1S/C15H14Cl2N2O5/c1-8(5-13(20)21)18-15(22)12-6-9(24-19-12)7-23-14-10(16)3-2-4-11(14)17/h2-4,6,8H,5,7H2,1H3,(H,18,22)(H,20,21). The number of hydrogen-bond donors (Lipinski definition) is 2. The number of nitrogens with zero attached hydrogens (tertiary/aromatic N) is 1. The van der Waals surface area contributed by atoms with E-state index >= 15 is 0 Å². The van der Waals surface area contributed by atoms with Crippen molar-refractivity contribution in [3.05, 3.63) is 45.8 Å². The van der Waals surface area contributed by atoms with E-state index in [9.17, 15) is 9.59 Å². The molecule has 2 rings (SSSR count). The lowest BCUT2D eigenvalue weighted by atomic mass is 10.2. The normalized spacial score (nSPS) is 11.8. The average Bonchev–Trinajstić information content (AvgIpc) is 2.94. The number of rotatable bonds is 7. The highest BCUT2D eigenvalue weighted by Gasteiger charge is 2.17. The van der Waals surface area contributed by atoms with E-state index in [1.54, 1.807) is 25.1 Å². The summed E-state index contributed by atoms with van der Waals surface area (Å²) < 4.78 is 10.5. The van der Waals surface area contributed by atoms with Crippen LogP contribution in [0.5, 0.6) is 5.75 Å². The van der Waals surface area contributed by atoms with E-state index < -0.39 is 17.9 Å². The second-order valence-electron chi connectivity index (χ2n) is 4.99. The van der Waals surface area contributed by atoms with Crippen molar-refractivity contribution in [3.63, 3.8) is 0 Å². The topological polar surface area (TPSA) is 102 Å². The molecule has 1 unspecified atom stereocenters. The Bertz CT molecular complexity index is 727. The summed E-state index contributed by atoms with van der Waals surface area (Å²) in [4.78, 5) is 22.5. The second-order valence-corrected chi connectivity index (χ2v) is 5.80. The fraction of sp³-hybridized carbons (Fsp3) is 0.267. The van der Waals surface area contributed by atoms with Crippen LogP contribution in [0.1, 0.15) is 29.6 Å². The molecule has 0 bridgehead atoms. The third kappa shape index (κ3) is 4.87. The van der Waals surface area contributed by atoms with Crippen molar-refractivity contribution in [1.29, 1.82) is 0 Å².